The van der Waals surface area contributed by atoms with Gasteiger partial charge in [-0.3, -0.25) is 0 Å². The van der Waals surface area contributed by atoms with Crippen molar-refractivity contribution >= 4 is 28.6 Å². The molecule has 1 aromatic carbocycles. The first kappa shape index (κ1) is 12.9. The average molecular weight is 287 g/mol. The fourth-order valence-corrected chi connectivity index (χ4v) is 2.30. The van der Waals surface area contributed by atoms with Crippen molar-refractivity contribution in [3.63, 3.8) is 0 Å². The molecule has 0 aliphatic heterocycles. The minimum absolute atomic E-state index is 0.689. The van der Waals surface area contributed by atoms with Crippen LogP contribution >= 0.6 is 11.6 Å². The van der Waals surface area contributed by atoms with E-state index in [1.807, 2.05) is 24.4 Å². The van der Waals surface area contributed by atoms with Gasteiger partial charge < -0.3 is 5.32 Å². The second-order valence-electron chi connectivity index (χ2n) is 4.55. The molecule has 2 aromatic heterocycles. The first-order valence-corrected chi connectivity index (χ1v) is 7.10. The number of aromatic nitrogens is 3. The van der Waals surface area contributed by atoms with E-state index in [1.54, 1.807) is 16.9 Å². The molecule has 102 valence electrons. The van der Waals surface area contributed by atoms with E-state index in [2.05, 4.69) is 27.5 Å². The maximum Gasteiger partial charge on any atom is 0.156 e. The van der Waals surface area contributed by atoms with Gasteiger partial charge in [-0.25, -0.2) is 9.50 Å². The van der Waals surface area contributed by atoms with E-state index in [-0.39, 0.29) is 0 Å². The monoisotopic (exact) mass is 286 g/mol. The molecule has 0 aliphatic rings. The number of alkyl halides is 1. The van der Waals surface area contributed by atoms with Gasteiger partial charge in [0, 0.05) is 24.0 Å². The van der Waals surface area contributed by atoms with E-state index in [0.717, 1.165) is 29.9 Å². The molecule has 0 fully saturated rings. The number of nitrogens with one attached hydrogen (secondary N) is 1. The first-order chi connectivity index (χ1) is 9.86. The predicted octanol–water partition coefficient (Wildman–Crippen LogP) is 3.64. The molecule has 0 spiro atoms. The van der Waals surface area contributed by atoms with E-state index in [4.69, 9.17) is 11.6 Å². The van der Waals surface area contributed by atoms with E-state index in [0.29, 0.717) is 5.88 Å². The van der Waals surface area contributed by atoms with Gasteiger partial charge in [0.25, 0.3) is 0 Å². The van der Waals surface area contributed by atoms with Gasteiger partial charge in [0.05, 0.1) is 6.20 Å². The summed E-state index contributed by atoms with van der Waals surface area (Å²) in [5.74, 6) is 1.49. The van der Waals surface area contributed by atoms with Crippen LogP contribution in [0.2, 0.25) is 0 Å². The summed E-state index contributed by atoms with van der Waals surface area (Å²) in [5.41, 5.74) is 3.26. The second kappa shape index (κ2) is 5.92. The Labute approximate surface area is 122 Å². The zero-order valence-corrected chi connectivity index (χ0v) is 11.7. The van der Waals surface area contributed by atoms with Crippen molar-refractivity contribution in [3.8, 4) is 0 Å². The van der Waals surface area contributed by atoms with Crippen molar-refractivity contribution in [2.24, 2.45) is 0 Å². The maximum atomic E-state index is 5.74. The Morgan fingerprint density at radius 2 is 2.15 bits per heavy atom. The SMILES string of the molecule is ClCCCc1cccc(Nc2nccn3nccc23)c1. The topological polar surface area (TPSA) is 42.2 Å². The van der Waals surface area contributed by atoms with E-state index in [1.165, 1.54) is 5.56 Å². The first-order valence-electron chi connectivity index (χ1n) is 6.57. The molecule has 0 radical (unpaired) electrons. The number of nitrogens with zero attached hydrogens (tertiary/aromatic N) is 3. The summed E-state index contributed by atoms with van der Waals surface area (Å²) in [7, 11) is 0. The number of anilines is 2. The summed E-state index contributed by atoms with van der Waals surface area (Å²) in [4.78, 5) is 4.37. The summed E-state index contributed by atoms with van der Waals surface area (Å²) in [5, 5.41) is 7.55. The van der Waals surface area contributed by atoms with Crippen molar-refractivity contribution in [2.75, 3.05) is 11.2 Å². The molecule has 0 bridgehead atoms. The normalized spacial score (nSPS) is 10.8. The lowest BCUT2D eigenvalue weighted by molar-refractivity contribution is 0.929. The molecule has 1 N–H and O–H groups in total. The number of fused-ring (bicyclic) bond motifs is 1. The molecular formula is C15H15ClN4. The van der Waals surface area contributed by atoms with Crippen molar-refractivity contribution in [2.45, 2.75) is 12.8 Å². The number of benzene rings is 1. The van der Waals surface area contributed by atoms with Gasteiger partial charge in [0.1, 0.15) is 5.52 Å². The van der Waals surface area contributed by atoms with Crippen molar-refractivity contribution in [3.05, 3.63) is 54.5 Å². The summed E-state index contributed by atoms with van der Waals surface area (Å²) < 4.78 is 1.80. The highest BCUT2D eigenvalue weighted by atomic mass is 35.5. The average Bonchev–Trinajstić information content (AvgIpc) is 2.95. The molecule has 0 amide bonds. The molecule has 0 unspecified atom stereocenters. The molecular weight excluding hydrogens is 272 g/mol. The van der Waals surface area contributed by atoms with Crippen LogP contribution in [0.5, 0.6) is 0 Å². The summed E-state index contributed by atoms with van der Waals surface area (Å²) in [6.07, 6.45) is 7.31. The number of hydrogen-bond donors (Lipinski definition) is 1. The van der Waals surface area contributed by atoms with Crippen LogP contribution in [-0.4, -0.2) is 20.5 Å². The van der Waals surface area contributed by atoms with E-state index >= 15 is 0 Å². The molecule has 0 saturated carbocycles. The van der Waals surface area contributed by atoms with Gasteiger partial charge in [0.2, 0.25) is 0 Å². The van der Waals surface area contributed by atoms with Crippen LogP contribution in [0.15, 0.2) is 48.9 Å². The van der Waals surface area contributed by atoms with Crippen LogP contribution in [0.3, 0.4) is 0 Å². The van der Waals surface area contributed by atoms with Crippen LogP contribution in [0.4, 0.5) is 11.5 Å². The van der Waals surface area contributed by atoms with Crippen LogP contribution in [0.1, 0.15) is 12.0 Å². The van der Waals surface area contributed by atoms with Crippen molar-refractivity contribution in [1.82, 2.24) is 14.6 Å². The Balaban J connectivity index is 1.85. The molecule has 5 heteroatoms. The Morgan fingerprint density at radius 3 is 3.05 bits per heavy atom. The number of rotatable bonds is 5. The van der Waals surface area contributed by atoms with Crippen LogP contribution in [-0.2, 0) is 6.42 Å². The van der Waals surface area contributed by atoms with Gasteiger partial charge >= 0.3 is 0 Å². The highest BCUT2D eigenvalue weighted by Crippen LogP contribution is 2.20. The molecule has 0 atom stereocenters. The molecule has 3 rings (SSSR count). The highest BCUT2D eigenvalue weighted by Gasteiger charge is 2.04. The lowest BCUT2D eigenvalue weighted by atomic mass is 10.1. The molecule has 0 saturated heterocycles. The Morgan fingerprint density at radius 1 is 1.20 bits per heavy atom. The zero-order valence-electron chi connectivity index (χ0n) is 11.0. The van der Waals surface area contributed by atoms with Crippen LogP contribution < -0.4 is 5.32 Å². The summed E-state index contributed by atoms with van der Waals surface area (Å²) in [6.45, 7) is 0. The third-order valence-electron chi connectivity index (χ3n) is 3.11. The molecule has 20 heavy (non-hydrogen) atoms. The standard InChI is InChI=1S/C15H15ClN4/c16-7-2-4-12-3-1-5-13(11-12)19-15-14-6-8-18-20(14)10-9-17-15/h1,3,5-6,8-11H,2,4,7H2,(H,17,19). The molecule has 4 nitrogen and oxygen atoms in total. The third-order valence-corrected chi connectivity index (χ3v) is 3.38. The van der Waals surface area contributed by atoms with Gasteiger partial charge in [-0.05, 0) is 36.6 Å². The quantitative estimate of drug-likeness (QED) is 0.728. The van der Waals surface area contributed by atoms with Gasteiger partial charge in [0.15, 0.2) is 5.82 Å². The largest absolute Gasteiger partial charge is 0.338 e. The molecule has 0 aliphatic carbocycles. The van der Waals surface area contributed by atoms with E-state index < -0.39 is 0 Å². The summed E-state index contributed by atoms with van der Waals surface area (Å²) in [6, 6.07) is 10.3. The fraction of sp³-hybridized carbons (Fsp3) is 0.200. The fourth-order valence-electron chi connectivity index (χ4n) is 2.17. The lowest BCUT2D eigenvalue weighted by Gasteiger charge is -2.08. The smallest absolute Gasteiger partial charge is 0.156 e. The number of hydrogen-bond acceptors (Lipinski definition) is 3. The molecule has 3 aromatic rings. The Kier molecular flexibility index (Phi) is 3.83. The van der Waals surface area contributed by atoms with Crippen molar-refractivity contribution < 1.29 is 0 Å². The van der Waals surface area contributed by atoms with Gasteiger partial charge in [-0.15, -0.1) is 11.6 Å². The zero-order chi connectivity index (χ0) is 13.8. The van der Waals surface area contributed by atoms with Crippen LogP contribution in [0, 0.1) is 0 Å². The minimum atomic E-state index is 0.689. The maximum absolute atomic E-state index is 5.74. The number of aryl methyl sites for hydroxylation is 1. The van der Waals surface area contributed by atoms with E-state index in [9.17, 15) is 0 Å². The Bertz CT molecular complexity index is 708. The lowest BCUT2D eigenvalue weighted by Crippen LogP contribution is -1.98. The van der Waals surface area contributed by atoms with Gasteiger partial charge in [-0.1, -0.05) is 12.1 Å². The second-order valence-corrected chi connectivity index (χ2v) is 4.93. The molecule has 2 heterocycles. The van der Waals surface area contributed by atoms with Gasteiger partial charge in [-0.2, -0.15) is 5.10 Å². The summed E-state index contributed by atoms with van der Waals surface area (Å²) >= 11 is 5.74. The van der Waals surface area contributed by atoms with Crippen molar-refractivity contribution in [1.29, 1.82) is 0 Å². The third kappa shape index (κ3) is 2.75. The Hall–Kier alpha value is -2.07. The number of halogens is 1. The van der Waals surface area contributed by atoms with Crippen LogP contribution in [0.25, 0.3) is 5.52 Å². The highest BCUT2D eigenvalue weighted by molar-refractivity contribution is 6.17. The predicted molar refractivity (Wildman–Crippen MR) is 81.8 cm³/mol. The minimum Gasteiger partial charge on any atom is -0.338 e.